The Balaban J connectivity index is 0.000000354. The van der Waals surface area contributed by atoms with Crippen molar-refractivity contribution in [3.63, 3.8) is 0 Å². The quantitative estimate of drug-likeness (QED) is 0.621. The van der Waals surface area contributed by atoms with Crippen LogP contribution in [0, 0.1) is 6.92 Å². The van der Waals surface area contributed by atoms with Gasteiger partial charge in [0.15, 0.2) is 0 Å². The van der Waals surface area contributed by atoms with Gasteiger partial charge in [-0.3, -0.25) is 0 Å². The van der Waals surface area contributed by atoms with Crippen molar-refractivity contribution in [2.45, 2.75) is 27.2 Å². The van der Waals surface area contributed by atoms with Gasteiger partial charge in [-0.25, -0.2) is 0 Å². The largest absolute Gasteiger partial charge is 0.496 e. The van der Waals surface area contributed by atoms with E-state index in [-0.39, 0.29) is 0 Å². The monoisotopic (exact) mass is 166 g/mol. The Hall–Kier alpha value is -0.980. The number of methoxy groups -OCH3 is 1. The molecule has 0 radical (unpaired) electrons. The van der Waals surface area contributed by atoms with Gasteiger partial charge >= 0.3 is 0 Å². The topological polar surface area (TPSA) is 9.23 Å². The summed E-state index contributed by atoms with van der Waals surface area (Å²) < 4.78 is 5.04. The van der Waals surface area contributed by atoms with E-state index in [4.69, 9.17) is 4.74 Å². The van der Waals surface area contributed by atoms with E-state index in [1.54, 1.807) is 7.11 Å². The number of hydrogen-bond donors (Lipinski definition) is 0. The molecular formula is C11H18O. The molecule has 0 aliphatic heterocycles. The van der Waals surface area contributed by atoms with Crippen LogP contribution < -0.4 is 4.74 Å². The number of rotatable bonds is 1. The zero-order chi connectivity index (χ0) is 9.40. The molecule has 0 aromatic heterocycles. The summed E-state index contributed by atoms with van der Waals surface area (Å²) in [6, 6.07) is 7.94. The number of ether oxygens (including phenoxy) is 1. The first-order chi connectivity index (χ1) is 5.76. The van der Waals surface area contributed by atoms with Gasteiger partial charge in [-0.15, -0.1) is 0 Å². The molecule has 0 heterocycles. The molecular weight excluding hydrogens is 148 g/mol. The van der Waals surface area contributed by atoms with Gasteiger partial charge in [-0.2, -0.15) is 0 Å². The van der Waals surface area contributed by atoms with E-state index in [1.807, 2.05) is 31.2 Å². The Bertz CT molecular complexity index is 206. The standard InChI is InChI=1S/C8H10O.C3H8/c1-7-5-3-4-6-8(7)9-2;1-3-2/h3-6H,1-2H3;3H2,1-2H3. The zero-order valence-electron chi connectivity index (χ0n) is 8.42. The molecule has 1 aromatic rings. The average Bonchev–Trinajstić information content (AvgIpc) is 2.07. The van der Waals surface area contributed by atoms with Crippen molar-refractivity contribution in [3.8, 4) is 5.75 Å². The van der Waals surface area contributed by atoms with Crippen LogP contribution in [0.3, 0.4) is 0 Å². The van der Waals surface area contributed by atoms with E-state index in [0.29, 0.717) is 0 Å². The van der Waals surface area contributed by atoms with Gasteiger partial charge in [0.2, 0.25) is 0 Å². The van der Waals surface area contributed by atoms with Crippen LogP contribution in [-0.4, -0.2) is 7.11 Å². The minimum Gasteiger partial charge on any atom is -0.496 e. The zero-order valence-corrected chi connectivity index (χ0v) is 8.42. The number of hydrogen-bond acceptors (Lipinski definition) is 1. The molecule has 0 fully saturated rings. The lowest BCUT2D eigenvalue weighted by atomic mass is 10.2. The van der Waals surface area contributed by atoms with Gasteiger partial charge in [0.05, 0.1) is 7.11 Å². The van der Waals surface area contributed by atoms with E-state index in [2.05, 4.69) is 13.8 Å². The van der Waals surface area contributed by atoms with Gasteiger partial charge in [-0.05, 0) is 18.6 Å². The Morgan fingerprint density at radius 1 is 1.17 bits per heavy atom. The summed E-state index contributed by atoms with van der Waals surface area (Å²) in [4.78, 5) is 0. The molecule has 0 aliphatic rings. The molecule has 0 saturated heterocycles. The molecule has 0 N–H and O–H groups in total. The second-order valence-electron chi connectivity index (χ2n) is 2.68. The summed E-state index contributed by atoms with van der Waals surface area (Å²) >= 11 is 0. The van der Waals surface area contributed by atoms with Crippen LogP contribution in [0.1, 0.15) is 25.8 Å². The van der Waals surface area contributed by atoms with Gasteiger partial charge in [0, 0.05) is 0 Å². The van der Waals surface area contributed by atoms with E-state index in [0.717, 1.165) is 5.75 Å². The second kappa shape index (κ2) is 6.71. The van der Waals surface area contributed by atoms with Gasteiger partial charge in [-0.1, -0.05) is 38.5 Å². The molecule has 0 bridgehead atoms. The lowest BCUT2D eigenvalue weighted by Gasteiger charge is -2.00. The van der Waals surface area contributed by atoms with Crippen molar-refractivity contribution < 1.29 is 4.74 Å². The van der Waals surface area contributed by atoms with Crippen molar-refractivity contribution in [1.82, 2.24) is 0 Å². The highest BCUT2D eigenvalue weighted by atomic mass is 16.5. The van der Waals surface area contributed by atoms with E-state index < -0.39 is 0 Å². The highest BCUT2D eigenvalue weighted by molar-refractivity contribution is 5.31. The van der Waals surface area contributed by atoms with Gasteiger partial charge in [0.25, 0.3) is 0 Å². The SMILES string of the molecule is CCC.COc1ccccc1C. The molecule has 1 nitrogen and oxygen atoms in total. The highest BCUT2D eigenvalue weighted by Crippen LogP contribution is 2.14. The van der Waals surface area contributed by atoms with Crippen LogP contribution in [0.2, 0.25) is 0 Å². The fourth-order valence-electron chi connectivity index (χ4n) is 0.785. The second-order valence-corrected chi connectivity index (χ2v) is 2.68. The third kappa shape index (κ3) is 4.02. The molecule has 0 unspecified atom stereocenters. The first-order valence-corrected chi connectivity index (χ1v) is 4.35. The minimum absolute atomic E-state index is 0.956. The van der Waals surface area contributed by atoms with Crippen LogP contribution in [0.4, 0.5) is 0 Å². The van der Waals surface area contributed by atoms with Gasteiger partial charge < -0.3 is 4.74 Å². The maximum Gasteiger partial charge on any atom is 0.121 e. The fraction of sp³-hybridized carbons (Fsp3) is 0.455. The Morgan fingerprint density at radius 2 is 1.67 bits per heavy atom. The molecule has 1 rings (SSSR count). The average molecular weight is 166 g/mol. The Morgan fingerprint density at radius 3 is 2.00 bits per heavy atom. The normalized spacial score (nSPS) is 8.33. The molecule has 12 heavy (non-hydrogen) atoms. The molecule has 0 saturated carbocycles. The van der Waals surface area contributed by atoms with E-state index in [9.17, 15) is 0 Å². The molecule has 0 amide bonds. The number of benzene rings is 1. The Labute approximate surface area is 75.4 Å². The summed E-state index contributed by atoms with van der Waals surface area (Å²) in [5.41, 5.74) is 1.18. The predicted octanol–water partition coefficient (Wildman–Crippen LogP) is 3.42. The maximum absolute atomic E-state index is 5.04. The van der Waals surface area contributed by atoms with Crippen molar-refractivity contribution in [3.05, 3.63) is 29.8 Å². The summed E-state index contributed by atoms with van der Waals surface area (Å²) in [5, 5.41) is 0. The van der Waals surface area contributed by atoms with Crippen LogP contribution in [0.25, 0.3) is 0 Å². The van der Waals surface area contributed by atoms with Crippen LogP contribution >= 0.6 is 0 Å². The lowest BCUT2D eigenvalue weighted by molar-refractivity contribution is 0.411. The number of para-hydroxylation sites is 1. The molecule has 0 atom stereocenters. The Kier molecular flexibility index (Phi) is 6.16. The maximum atomic E-state index is 5.04. The molecule has 68 valence electrons. The third-order valence-electron chi connectivity index (χ3n) is 1.31. The van der Waals surface area contributed by atoms with E-state index in [1.165, 1.54) is 12.0 Å². The van der Waals surface area contributed by atoms with Crippen molar-refractivity contribution in [2.75, 3.05) is 7.11 Å². The van der Waals surface area contributed by atoms with Crippen LogP contribution in [0.15, 0.2) is 24.3 Å². The molecule has 1 aromatic carbocycles. The smallest absolute Gasteiger partial charge is 0.121 e. The number of aryl methyl sites for hydroxylation is 1. The van der Waals surface area contributed by atoms with Crippen LogP contribution in [0.5, 0.6) is 5.75 Å². The fourth-order valence-corrected chi connectivity index (χ4v) is 0.785. The molecule has 0 spiro atoms. The van der Waals surface area contributed by atoms with Gasteiger partial charge in [0.1, 0.15) is 5.75 Å². The molecule has 0 aliphatic carbocycles. The van der Waals surface area contributed by atoms with Crippen molar-refractivity contribution in [1.29, 1.82) is 0 Å². The van der Waals surface area contributed by atoms with Crippen LogP contribution in [-0.2, 0) is 0 Å². The summed E-state index contributed by atoms with van der Waals surface area (Å²) in [6.07, 6.45) is 1.25. The highest BCUT2D eigenvalue weighted by Gasteiger charge is 1.90. The molecule has 1 heteroatoms. The summed E-state index contributed by atoms with van der Waals surface area (Å²) in [5.74, 6) is 0.956. The first-order valence-electron chi connectivity index (χ1n) is 4.35. The minimum atomic E-state index is 0.956. The van der Waals surface area contributed by atoms with Crippen molar-refractivity contribution >= 4 is 0 Å². The summed E-state index contributed by atoms with van der Waals surface area (Å²) in [6.45, 7) is 6.28. The first kappa shape index (κ1) is 11.0. The van der Waals surface area contributed by atoms with E-state index >= 15 is 0 Å². The lowest BCUT2D eigenvalue weighted by Crippen LogP contribution is -1.84. The predicted molar refractivity (Wildman–Crippen MR) is 53.7 cm³/mol. The third-order valence-corrected chi connectivity index (χ3v) is 1.31. The summed E-state index contributed by atoms with van der Waals surface area (Å²) in [7, 11) is 1.68. The van der Waals surface area contributed by atoms with Crippen molar-refractivity contribution in [2.24, 2.45) is 0 Å².